The summed E-state index contributed by atoms with van der Waals surface area (Å²) in [4.78, 5) is 7.36. The Morgan fingerprint density at radius 1 is 1.12 bits per heavy atom. The molecule has 0 aromatic carbocycles. The van der Waals surface area contributed by atoms with Crippen molar-refractivity contribution in [1.29, 1.82) is 0 Å². The quantitative estimate of drug-likeness (QED) is 0.751. The second kappa shape index (κ2) is 4.55. The van der Waals surface area contributed by atoms with E-state index in [4.69, 9.17) is 16.2 Å². The van der Waals surface area contributed by atoms with E-state index in [2.05, 4.69) is 9.97 Å². The van der Waals surface area contributed by atoms with Crippen LogP contribution in [0.25, 0.3) is 0 Å². The van der Waals surface area contributed by atoms with Gasteiger partial charge in [0.25, 0.3) is 0 Å². The largest absolute Gasteiger partial charge is 0.481 e. The van der Waals surface area contributed by atoms with Crippen molar-refractivity contribution in [2.75, 3.05) is 18.6 Å². The highest BCUT2D eigenvalue weighted by Crippen LogP contribution is 2.49. The minimum atomic E-state index is 0.122. The Labute approximate surface area is 95.2 Å². The zero-order chi connectivity index (χ0) is 11.5. The summed E-state index contributed by atoms with van der Waals surface area (Å²) in [6.45, 7) is 0. The van der Waals surface area contributed by atoms with Crippen LogP contribution in [0.2, 0.25) is 0 Å². The normalized spacial score (nSPS) is 25.3. The first kappa shape index (κ1) is 11.0. The average molecular weight is 222 g/mol. The Balaban J connectivity index is 0.000000134. The molecule has 0 aliphatic heterocycles. The first-order chi connectivity index (χ1) is 7.69. The summed E-state index contributed by atoms with van der Waals surface area (Å²) >= 11 is 0. The Morgan fingerprint density at radius 3 is 2.00 bits per heavy atom. The van der Waals surface area contributed by atoms with Gasteiger partial charge in [0.15, 0.2) is 0 Å². The molecule has 0 bridgehead atoms. The van der Waals surface area contributed by atoms with Gasteiger partial charge in [-0.05, 0) is 37.5 Å². The lowest BCUT2D eigenvalue weighted by Crippen LogP contribution is -2.34. The van der Waals surface area contributed by atoms with E-state index in [1.165, 1.54) is 25.0 Å². The number of aromatic nitrogens is 2. The fraction of sp³-hybridized carbons (Fsp3) is 0.636. The summed E-state index contributed by atoms with van der Waals surface area (Å²) in [5.41, 5.74) is 10.6. The third-order valence-corrected chi connectivity index (χ3v) is 3.43. The number of methoxy groups -OCH3 is 1. The van der Waals surface area contributed by atoms with Gasteiger partial charge >= 0.3 is 0 Å². The van der Waals surface area contributed by atoms with E-state index in [-0.39, 0.29) is 5.95 Å². The molecular formula is C11H18N4O. The zero-order valence-electron chi connectivity index (χ0n) is 9.52. The van der Waals surface area contributed by atoms with E-state index in [0.29, 0.717) is 11.7 Å². The van der Waals surface area contributed by atoms with Gasteiger partial charge < -0.3 is 16.2 Å². The summed E-state index contributed by atoms with van der Waals surface area (Å²) < 4.78 is 4.76. The van der Waals surface area contributed by atoms with Gasteiger partial charge in [0.05, 0.1) is 7.11 Å². The Bertz CT molecular complexity index is 331. The molecule has 0 saturated heterocycles. The molecule has 2 aliphatic carbocycles. The summed E-state index contributed by atoms with van der Waals surface area (Å²) in [5.74, 6) is 3.24. The third kappa shape index (κ3) is 2.35. The molecule has 2 saturated carbocycles. The Kier molecular flexibility index (Phi) is 3.12. The van der Waals surface area contributed by atoms with Gasteiger partial charge in [0, 0.05) is 6.07 Å². The molecule has 0 spiro atoms. The lowest BCUT2D eigenvalue weighted by molar-refractivity contribution is 0.0548. The second-order valence-corrected chi connectivity index (χ2v) is 4.37. The number of nitrogens with two attached hydrogens (primary N) is 2. The van der Waals surface area contributed by atoms with Gasteiger partial charge in [-0.1, -0.05) is 0 Å². The van der Waals surface area contributed by atoms with Gasteiger partial charge in [-0.15, -0.1) is 0 Å². The molecule has 0 atom stereocenters. The van der Waals surface area contributed by atoms with Crippen molar-refractivity contribution in [3.05, 3.63) is 6.07 Å². The predicted octanol–water partition coefficient (Wildman–Crippen LogP) is 1.46. The Morgan fingerprint density at radius 2 is 1.69 bits per heavy atom. The number of rotatable bonds is 1. The highest BCUT2D eigenvalue weighted by Gasteiger charge is 2.37. The molecule has 1 aromatic heterocycles. The van der Waals surface area contributed by atoms with Gasteiger partial charge in [-0.25, -0.2) is 0 Å². The molecule has 5 nitrogen and oxygen atoms in total. The van der Waals surface area contributed by atoms with Crippen LogP contribution in [-0.4, -0.2) is 17.1 Å². The van der Waals surface area contributed by atoms with Crippen molar-refractivity contribution < 1.29 is 4.74 Å². The molecule has 5 heteroatoms. The van der Waals surface area contributed by atoms with Crippen molar-refractivity contribution in [1.82, 2.24) is 9.97 Å². The monoisotopic (exact) mass is 222 g/mol. The van der Waals surface area contributed by atoms with Crippen LogP contribution in [0.1, 0.15) is 25.7 Å². The summed E-state index contributed by atoms with van der Waals surface area (Å²) in [6.07, 6.45) is 6.24. The minimum absolute atomic E-state index is 0.122. The maximum atomic E-state index is 5.32. The van der Waals surface area contributed by atoms with E-state index in [9.17, 15) is 0 Å². The summed E-state index contributed by atoms with van der Waals surface area (Å²) in [5, 5.41) is 0. The second-order valence-electron chi connectivity index (χ2n) is 4.37. The van der Waals surface area contributed by atoms with Crippen LogP contribution in [0.5, 0.6) is 5.88 Å². The topological polar surface area (TPSA) is 87.0 Å². The maximum Gasteiger partial charge on any atom is 0.225 e. The number of fused-ring (bicyclic) bond motifs is 1. The maximum absolute atomic E-state index is 5.32. The molecule has 16 heavy (non-hydrogen) atoms. The molecule has 0 radical (unpaired) electrons. The lowest BCUT2D eigenvalue weighted by atomic mass is 9.60. The van der Waals surface area contributed by atoms with E-state index >= 15 is 0 Å². The molecule has 0 unspecified atom stereocenters. The van der Waals surface area contributed by atoms with Crippen LogP contribution in [-0.2, 0) is 0 Å². The molecule has 88 valence electrons. The first-order valence-electron chi connectivity index (χ1n) is 5.63. The minimum Gasteiger partial charge on any atom is -0.481 e. The van der Waals surface area contributed by atoms with E-state index in [0.717, 1.165) is 0 Å². The van der Waals surface area contributed by atoms with Crippen LogP contribution >= 0.6 is 0 Å². The van der Waals surface area contributed by atoms with E-state index in [1.807, 2.05) is 0 Å². The number of ether oxygens (including phenoxy) is 1. The van der Waals surface area contributed by atoms with Crippen LogP contribution < -0.4 is 16.2 Å². The van der Waals surface area contributed by atoms with Crippen LogP contribution in [0.3, 0.4) is 0 Å². The summed E-state index contributed by atoms with van der Waals surface area (Å²) in [6, 6.07) is 1.50. The van der Waals surface area contributed by atoms with E-state index in [1.54, 1.807) is 25.7 Å². The van der Waals surface area contributed by atoms with E-state index < -0.39 is 0 Å². The van der Waals surface area contributed by atoms with Crippen molar-refractivity contribution in [2.24, 2.45) is 11.8 Å². The van der Waals surface area contributed by atoms with Crippen molar-refractivity contribution >= 4 is 11.8 Å². The molecule has 2 aliphatic rings. The lowest BCUT2D eigenvalue weighted by Gasteiger charge is -2.46. The highest BCUT2D eigenvalue weighted by atomic mass is 16.5. The molecule has 1 aromatic rings. The molecule has 4 N–H and O–H groups in total. The molecule has 3 rings (SSSR count). The number of nitrogens with zero attached hydrogens (tertiary/aromatic N) is 2. The first-order valence-corrected chi connectivity index (χ1v) is 5.63. The van der Waals surface area contributed by atoms with Gasteiger partial charge in [0.1, 0.15) is 5.82 Å². The van der Waals surface area contributed by atoms with Gasteiger partial charge in [-0.2, -0.15) is 9.97 Å². The SMILES string of the molecule is C1CC2CCC12.COc1cc(N)nc(N)n1. The molecule has 1 heterocycles. The zero-order valence-corrected chi connectivity index (χ0v) is 9.52. The smallest absolute Gasteiger partial charge is 0.225 e. The Hall–Kier alpha value is -1.52. The number of nitrogen functional groups attached to an aromatic ring is 2. The predicted molar refractivity (Wildman–Crippen MR) is 62.9 cm³/mol. The highest BCUT2D eigenvalue weighted by molar-refractivity contribution is 5.38. The van der Waals surface area contributed by atoms with Crippen molar-refractivity contribution in [2.45, 2.75) is 25.7 Å². The fourth-order valence-corrected chi connectivity index (χ4v) is 2.13. The molecular weight excluding hydrogens is 204 g/mol. The van der Waals surface area contributed by atoms with Gasteiger partial charge in [0.2, 0.25) is 11.8 Å². The van der Waals surface area contributed by atoms with Crippen molar-refractivity contribution in [3.8, 4) is 5.88 Å². The van der Waals surface area contributed by atoms with Crippen LogP contribution in [0, 0.1) is 11.8 Å². The van der Waals surface area contributed by atoms with Gasteiger partial charge in [-0.3, -0.25) is 0 Å². The van der Waals surface area contributed by atoms with Crippen molar-refractivity contribution in [3.63, 3.8) is 0 Å². The standard InChI is InChI=1S/C6H10.C5H8N4O/c1-2-6-4-3-5(1)6;1-10-4-2-3(6)8-5(7)9-4/h5-6H,1-4H2;2H,1H3,(H4,6,7,8,9). The third-order valence-electron chi connectivity index (χ3n) is 3.43. The number of hydrogen-bond acceptors (Lipinski definition) is 5. The van der Waals surface area contributed by atoms with Crippen LogP contribution in [0.15, 0.2) is 6.07 Å². The summed E-state index contributed by atoms with van der Waals surface area (Å²) in [7, 11) is 1.49. The molecule has 2 fully saturated rings. The molecule has 0 amide bonds. The average Bonchev–Trinajstić information content (AvgIpc) is 2.23. The number of hydrogen-bond donors (Lipinski definition) is 2. The van der Waals surface area contributed by atoms with Crippen LogP contribution in [0.4, 0.5) is 11.8 Å². The fourth-order valence-electron chi connectivity index (χ4n) is 2.13. The number of anilines is 2.